The van der Waals surface area contributed by atoms with Crippen molar-refractivity contribution in [3.63, 3.8) is 0 Å². The summed E-state index contributed by atoms with van der Waals surface area (Å²) in [5, 5.41) is 18.0. The Balaban J connectivity index is 1.66. The molecule has 0 aliphatic heterocycles. The lowest BCUT2D eigenvalue weighted by atomic mass is 9.80. The topological polar surface area (TPSA) is 49.7 Å². The van der Waals surface area contributed by atoms with Gasteiger partial charge in [-0.05, 0) is 23.2 Å². The fraction of sp³-hybridized carbons (Fsp3) is 0.200. The molecule has 2 rings (SSSR count). The van der Waals surface area contributed by atoms with Crippen molar-refractivity contribution in [2.45, 2.75) is 5.75 Å². The summed E-state index contributed by atoms with van der Waals surface area (Å²) < 4.78 is 5.59. The van der Waals surface area contributed by atoms with Crippen molar-refractivity contribution in [3.05, 3.63) is 60.2 Å². The second kappa shape index (κ2) is 7.99. The van der Waals surface area contributed by atoms with Crippen molar-refractivity contribution in [1.29, 1.82) is 0 Å². The molecule has 0 aliphatic carbocycles. The molecule has 104 valence electrons. The average Bonchev–Trinajstić information content (AvgIpc) is 2.48. The first-order valence-corrected chi connectivity index (χ1v) is 7.62. The summed E-state index contributed by atoms with van der Waals surface area (Å²) in [5.74, 6) is 2.65. The molecule has 0 spiro atoms. The summed E-state index contributed by atoms with van der Waals surface area (Å²) in [6.07, 6.45) is 0. The van der Waals surface area contributed by atoms with Crippen LogP contribution < -0.4 is 10.2 Å². The summed E-state index contributed by atoms with van der Waals surface area (Å²) in [6.45, 7) is 0.637. The lowest BCUT2D eigenvalue weighted by Crippen LogP contribution is -2.29. The van der Waals surface area contributed by atoms with E-state index in [2.05, 4.69) is 12.1 Å². The minimum Gasteiger partial charge on any atom is -0.493 e. The van der Waals surface area contributed by atoms with Crippen LogP contribution in [0, 0.1) is 0 Å². The molecule has 2 N–H and O–H groups in total. The molecular weight excluding hydrogens is 271 g/mol. The van der Waals surface area contributed by atoms with Crippen molar-refractivity contribution in [2.75, 3.05) is 12.4 Å². The second-order valence-electron chi connectivity index (χ2n) is 4.33. The third-order valence-corrected chi connectivity index (χ3v) is 3.78. The third kappa shape index (κ3) is 4.92. The molecule has 0 fully saturated rings. The van der Waals surface area contributed by atoms with Crippen molar-refractivity contribution >= 4 is 24.3 Å². The largest absolute Gasteiger partial charge is 0.493 e. The van der Waals surface area contributed by atoms with E-state index < -0.39 is 7.12 Å². The van der Waals surface area contributed by atoms with Gasteiger partial charge < -0.3 is 14.8 Å². The van der Waals surface area contributed by atoms with E-state index in [9.17, 15) is 0 Å². The molecule has 0 unspecified atom stereocenters. The highest BCUT2D eigenvalue weighted by Crippen LogP contribution is 2.13. The number of ether oxygens (including phenoxy) is 1. The van der Waals surface area contributed by atoms with Gasteiger partial charge in [0.25, 0.3) is 0 Å². The van der Waals surface area contributed by atoms with Gasteiger partial charge in [-0.2, -0.15) is 11.8 Å². The summed E-state index contributed by atoms with van der Waals surface area (Å²) in [4.78, 5) is 0. The van der Waals surface area contributed by atoms with E-state index in [0.717, 1.165) is 17.3 Å². The van der Waals surface area contributed by atoms with E-state index in [-0.39, 0.29) is 0 Å². The minimum atomic E-state index is -1.43. The Kier molecular flexibility index (Phi) is 5.99. The molecule has 2 aromatic carbocycles. The third-order valence-electron chi connectivity index (χ3n) is 2.79. The molecule has 2 aromatic rings. The Labute approximate surface area is 123 Å². The normalized spacial score (nSPS) is 10.3. The standard InChI is InChI=1S/C15H17BO3S/c17-16(18)14-6-8-15(9-7-14)19-10-11-20-12-13-4-2-1-3-5-13/h1-9,17-18H,10-12H2. The highest BCUT2D eigenvalue weighted by atomic mass is 32.2. The van der Waals surface area contributed by atoms with Gasteiger partial charge in [-0.25, -0.2) is 0 Å². The van der Waals surface area contributed by atoms with E-state index in [0.29, 0.717) is 12.1 Å². The zero-order valence-corrected chi connectivity index (χ0v) is 11.9. The van der Waals surface area contributed by atoms with Gasteiger partial charge >= 0.3 is 7.12 Å². The highest BCUT2D eigenvalue weighted by molar-refractivity contribution is 7.98. The van der Waals surface area contributed by atoms with Crippen LogP contribution >= 0.6 is 11.8 Å². The molecule has 0 bridgehead atoms. The Morgan fingerprint density at radius 1 is 0.950 bits per heavy atom. The summed E-state index contributed by atoms with van der Waals surface area (Å²) >= 11 is 1.83. The van der Waals surface area contributed by atoms with Crippen LogP contribution in [0.1, 0.15) is 5.56 Å². The number of rotatable bonds is 7. The maximum Gasteiger partial charge on any atom is 0.488 e. The smallest absolute Gasteiger partial charge is 0.488 e. The SMILES string of the molecule is OB(O)c1ccc(OCCSCc2ccccc2)cc1. The van der Waals surface area contributed by atoms with Gasteiger partial charge in [0.15, 0.2) is 0 Å². The molecule has 3 nitrogen and oxygen atoms in total. The van der Waals surface area contributed by atoms with Crippen molar-refractivity contribution in [2.24, 2.45) is 0 Å². The van der Waals surface area contributed by atoms with Gasteiger partial charge in [-0.3, -0.25) is 0 Å². The summed E-state index contributed by atoms with van der Waals surface area (Å²) in [6, 6.07) is 17.1. The minimum absolute atomic E-state index is 0.468. The van der Waals surface area contributed by atoms with Crippen LogP contribution in [-0.2, 0) is 5.75 Å². The second-order valence-corrected chi connectivity index (χ2v) is 5.43. The lowest BCUT2D eigenvalue weighted by molar-refractivity contribution is 0.344. The molecule has 0 saturated carbocycles. The Morgan fingerprint density at radius 3 is 2.30 bits per heavy atom. The van der Waals surface area contributed by atoms with E-state index in [4.69, 9.17) is 14.8 Å². The fourth-order valence-corrected chi connectivity index (χ4v) is 2.49. The quantitative estimate of drug-likeness (QED) is 0.601. The Bertz CT molecular complexity index is 502. The van der Waals surface area contributed by atoms with Gasteiger partial charge in [0, 0.05) is 11.5 Å². The first-order chi connectivity index (χ1) is 9.75. The van der Waals surface area contributed by atoms with Crippen molar-refractivity contribution in [1.82, 2.24) is 0 Å². The van der Waals surface area contributed by atoms with Crippen molar-refractivity contribution < 1.29 is 14.8 Å². The monoisotopic (exact) mass is 288 g/mol. The van der Waals surface area contributed by atoms with Crippen LogP contribution in [0.5, 0.6) is 5.75 Å². The molecule has 20 heavy (non-hydrogen) atoms. The molecular formula is C15H17BO3S. The van der Waals surface area contributed by atoms with E-state index in [1.807, 2.05) is 30.0 Å². The predicted molar refractivity (Wildman–Crippen MR) is 84.4 cm³/mol. The number of benzene rings is 2. The van der Waals surface area contributed by atoms with Gasteiger partial charge in [0.05, 0.1) is 6.61 Å². The van der Waals surface area contributed by atoms with Crippen LogP contribution in [-0.4, -0.2) is 29.5 Å². The maximum absolute atomic E-state index is 8.98. The molecule has 0 radical (unpaired) electrons. The molecule has 0 heterocycles. The molecule has 0 saturated heterocycles. The number of hydrogen-bond acceptors (Lipinski definition) is 4. The maximum atomic E-state index is 8.98. The summed E-state index contributed by atoms with van der Waals surface area (Å²) in [7, 11) is -1.43. The predicted octanol–water partition coefficient (Wildman–Crippen LogP) is 1.68. The Morgan fingerprint density at radius 2 is 1.65 bits per heavy atom. The zero-order chi connectivity index (χ0) is 14.2. The molecule has 5 heteroatoms. The zero-order valence-electron chi connectivity index (χ0n) is 11.1. The first-order valence-electron chi connectivity index (χ1n) is 6.46. The highest BCUT2D eigenvalue weighted by Gasteiger charge is 2.09. The van der Waals surface area contributed by atoms with Crippen LogP contribution in [0.3, 0.4) is 0 Å². The van der Waals surface area contributed by atoms with Crippen molar-refractivity contribution in [3.8, 4) is 5.75 Å². The average molecular weight is 288 g/mol. The number of hydrogen-bond donors (Lipinski definition) is 2. The Hall–Kier alpha value is -1.43. The van der Waals surface area contributed by atoms with Crippen LogP contribution in [0.15, 0.2) is 54.6 Å². The van der Waals surface area contributed by atoms with E-state index in [1.54, 1.807) is 24.3 Å². The fourth-order valence-electron chi connectivity index (χ4n) is 1.72. The van der Waals surface area contributed by atoms with Gasteiger partial charge in [0.1, 0.15) is 5.75 Å². The van der Waals surface area contributed by atoms with Crippen LogP contribution in [0.4, 0.5) is 0 Å². The molecule has 0 aromatic heterocycles. The number of thioether (sulfide) groups is 1. The molecule has 0 aliphatic rings. The van der Waals surface area contributed by atoms with E-state index in [1.165, 1.54) is 5.56 Å². The van der Waals surface area contributed by atoms with Crippen LogP contribution in [0.2, 0.25) is 0 Å². The summed E-state index contributed by atoms with van der Waals surface area (Å²) in [5.41, 5.74) is 1.79. The molecule has 0 amide bonds. The first kappa shape index (κ1) is 15.0. The van der Waals surface area contributed by atoms with Gasteiger partial charge in [-0.15, -0.1) is 0 Å². The lowest BCUT2D eigenvalue weighted by Gasteiger charge is -2.07. The van der Waals surface area contributed by atoms with E-state index >= 15 is 0 Å². The van der Waals surface area contributed by atoms with Gasteiger partial charge in [-0.1, -0.05) is 42.5 Å². The van der Waals surface area contributed by atoms with Crippen LogP contribution in [0.25, 0.3) is 0 Å². The molecule has 0 atom stereocenters. The van der Waals surface area contributed by atoms with Gasteiger partial charge in [0.2, 0.25) is 0 Å².